The van der Waals surface area contributed by atoms with E-state index in [0.29, 0.717) is 22.8 Å². The smallest absolute Gasteiger partial charge is 0.231 e. The molecule has 5 rings (SSSR count). The number of ether oxygens (including phenoxy) is 5. The fourth-order valence-corrected chi connectivity index (χ4v) is 4.38. The molecule has 6 nitrogen and oxygen atoms in total. The number of carbonyl (C=O) groups excluding carboxylic acids is 1. The summed E-state index contributed by atoms with van der Waals surface area (Å²) >= 11 is 0. The number of ketones is 1. The zero-order valence-electron chi connectivity index (χ0n) is 17.5. The molecule has 4 aliphatic rings. The molecule has 156 valence electrons. The lowest BCUT2D eigenvalue weighted by Gasteiger charge is -2.43. The first kappa shape index (κ1) is 18.9. The normalized spacial score (nSPS) is 26.5. The Morgan fingerprint density at radius 2 is 1.63 bits per heavy atom. The highest BCUT2D eigenvalue weighted by molar-refractivity contribution is 6.08. The summed E-state index contributed by atoms with van der Waals surface area (Å²) in [6.07, 6.45) is 7.48. The molecule has 0 radical (unpaired) electrons. The first-order chi connectivity index (χ1) is 14.3. The Morgan fingerprint density at radius 3 is 2.37 bits per heavy atom. The van der Waals surface area contributed by atoms with Gasteiger partial charge in [0.05, 0.1) is 0 Å². The second-order valence-corrected chi connectivity index (χ2v) is 8.65. The summed E-state index contributed by atoms with van der Waals surface area (Å²) in [6, 6.07) is 3.90. The van der Waals surface area contributed by atoms with Crippen LogP contribution in [-0.2, 0) is 14.3 Å². The van der Waals surface area contributed by atoms with Crippen molar-refractivity contribution in [1.29, 1.82) is 0 Å². The Kier molecular flexibility index (Phi) is 4.20. The predicted molar refractivity (Wildman–Crippen MR) is 109 cm³/mol. The van der Waals surface area contributed by atoms with Crippen LogP contribution in [0.25, 0.3) is 0 Å². The van der Waals surface area contributed by atoms with E-state index in [9.17, 15) is 4.79 Å². The van der Waals surface area contributed by atoms with Crippen LogP contribution in [0.5, 0.6) is 17.2 Å². The van der Waals surface area contributed by atoms with Crippen LogP contribution >= 0.6 is 0 Å². The van der Waals surface area contributed by atoms with Crippen LogP contribution in [0.15, 0.2) is 59.1 Å². The molecule has 1 aromatic carbocycles. The van der Waals surface area contributed by atoms with Crippen LogP contribution < -0.4 is 14.2 Å². The first-order valence-electron chi connectivity index (χ1n) is 10.0. The SMILES string of the molecule is CC(C)=C[C@@H]1c2cc3c(cc2OC(C)(C)[C@H]1/C=C1\C=C2OCOC2=CC1=O)OCO3. The van der Waals surface area contributed by atoms with Gasteiger partial charge in [0, 0.05) is 35.1 Å². The van der Waals surface area contributed by atoms with E-state index in [1.54, 1.807) is 6.08 Å². The third-order valence-electron chi connectivity index (χ3n) is 5.80. The number of carbonyl (C=O) groups is 1. The monoisotopic (exact) mass is 408 g/mol. The van der Waals surface area contributed by atoms with Crippen molar-refractivity contribution in [3.8, 4) is 17.2 Å². The van der Waals surface area contributed by atoms with Crippen molar-refractivity contribution in [1.82, 2.24) is 0 Å². The third kappa shape index (κ3) is 3.07. The van der Waals surface area contributed by atoms with E-state index in [-0.39, 0.29) is 31.2 Å². The molecule has 0 amide bonds. The third-order valence-corrected chi connectivity index (χ3v) is 5.80. The van der Waals surface area contributed by atoms with Crippen LogP contribution in [0.2, 0.25) is 0 Å². The Balaban J connectivity index is 1.62. The van der Waals surface area contributed by atoms with Crippen molar-refractivity contribution in [2.24, 2.45) is 5.92 Å². The minimum absolute atomic E-state index is 0.00747. The van der Waals surface area contributed by atoms with Gasteiger partial charge in [-0.2, -0.15) is 0 Å². The van der Waals surface area contributed by atoms with E-state index in [1.165, 1.54) is 11.6 Å². The van der Waals surface area contributed by atoms with Gasteiger partial charge in [0.25, 0.3) is 0 Å². The van der Waals surface area contributed by atoms with Gasteiger partial charge in [-0.25, -0.2) is 0 Å². The molecule has 0 bridgehead atoms. The summed E-state index contributed by atoms with van der Waals surface area (Å²) < 4.78 is 28.4. The Bertz CT molecular complexity index is 1050. The van der Waals surface area contributed by atoms with Gasteiger partial charge < -0.3 is 23.7 Å². The van der Waals surface area contributed by atoms with Gasteiger partial charge in [0.15, 0.2) is 28.8 Å². The maximum atomic E-state index is 12.7. The highest BCUT2D eigenvalue weighted by atomic mass is 16.7. The molecule has 3 heterocycles. The summed E-state index contributed by atoms with van der Waals surface area (Å²) in [5.41, 5.74) is 2.24. The molecule has 2 atom stereocenters. The second-order valence-electron chi connectivity index (χ2n) is 8.65. The maximum absolute atomic E-state index is 12.7. The lowest BCUT2D eigenvalue weighted by atomic mass is 9.72. The largest absolute Gasteiger partial charge is 0.487 e. The molecule has 1 saturated heterocycles. The fraction of sp³-hybridized carbons (Fsp3) is 0.375. The fourth-order valence-electron chi connectivity index (χ4n) is 4.38. The molecule has 6 heteroatoms. The lowest BCUT2D eigenvalue weighted by Crippen LogP contribution is -2.43. The number of hydrogen-bond acceptors (Lipinski definition) is 6. The van der Waals surface area contributed by atoms with Gasteiger partial charge in [-0.05, 0) is 39.8 Å². The van der Waals surface area contributed by atoms with E-state index in [0.717, 1.165) is 17.1 Å². The van der Waals surface area contributed by atoms with E-state index in [4.69, 9.17) is 23.7 Å². The maximum Gasteiger partial charge on any atom is 0.231 e. The number of hydrogen-bond donors (Lipinski definition) is 0. The molecule has 30 heavy (non-hydrogen) atoms. The highest BCUT2D eigenvalue weighted by Gasteiger charge is 2.43. The van der Waals surface area contributed by atoms with E-state index in [1.807, 2.05) is 32.1 Å². The van der Waals surface area contributed by atoms with Gasteiger partial charge in [-0.1, -0.05) is 17.7 Å². The Morgan fingerprint density at radius 1 is 0.967 bits per heavy atom. The molecule has 1 aliphatic carbocycles. The summed E-state index contributed by atoms with van der Waals surface area (Å²) in [4.78, 5) is 12.7. The Labute approximate surface area is 175 Å². The van der Waals surface area contributed by atoms with Crippen molar-refractivity contribution in [3.63, 3.8) is 0 Å². The highest BCUT2D eigenvalue weighted by Crippen LogP contribution is 2.51. The average Bonchev–Trinajstić information content (AvgIpc) is 3.30. The van der Waals surface area contributed by atoms with Gasteiger partial charge >= 0.3 is 0 Å². The quantitative estimate of drug-likeness (QED) is 0.529. The van der Waals surface area contributed by atoms with Gasteiger partial charge in [-0.15, -0.1) is 0 Å². The number of fused-ring (bicyclic) bond motifs is 3. The number of allylic oxidation sites excluding steroid dienone is 5. The second kappa shape index (κ2) is 6.69. The summed E-state index contributed by atoms with van der Waals surface area (Å²) in [7, 11) is 0. The van der Waals surface area contributed by atoms with Crippen molar-refractivity contribution < 1.29 is 28.5 Å². The summed E-state index contributed by atoms with van der Waals surface area (Å²) in [6.45, 7) is 8.59. The number of benzene rings is 1. The van der Waals surface area contributed by atoms with E-state index < -0.39 is 5.60 Å². The van der Waals surface area contributed by atoms with Gasteiger partial charge in [-0.3, -0.25) is 4.79 Å². The predicted octanol–water partition coefficient (Wildman–Crippen LogP) is 4.53. The molecule has 0 unspecified atom stereocenters. The molecule has 0 aromatic heterocycles. The van der Waals surface area contributed by atoms with Crippen LogP contribution in [0.4, 0.5) is 0 Å². The van der Waals surface area contributed by atoms with E-state index >= 15 is 0 Å². The Hall–Kier alpha value is -3.15. The minimum Gasteiger partial charge on any atom is -0.487 e. The van der Waals surface area contributed by atoms with Crippen molar-refractivity contribution in [2.75, 3.05) is 13.6 Å². The zero-order chi connectivity index (χ0) is 21.0. The molecular formula is C24H24O6. The number of rotatable bonds is 2. The standard InChI is InChI=1S/C24H24O6/c1-13(2)5-15-16-8-21-23(29-12-27-21)10-19(16)30-24(3,4)17(15)6-14-7-20-22(9-18(14)25)28-11-26-20/h5-10,15,17H,11-12H2,1-4H3/b14-6+/t15-,17+/m1/s1. The van der Waals surface area contributed by atoms with E-state index in [2.05, 4.69) is 19.9 Å². The summed E-state index contributed by atoms with van der Waals surface area (Å²) in [5.74, 6) is 3.11. The minimum atomic E-state index is -0.555. The van der Waals surface area contributed by atoms with Crippen molar-refractivity contribution >= 4 is 5.78 Å². The molecular weight excluding hydrogens is 384 g/mol. The molecule has 3 aliphatic heterocycles. The van der Waals surface area contributed by atoms with Crippen molar-refractivity contribution in [3.05, 3.63) is 64.7 Å². The molecule has 1 aromatic rings. The zero-order valence-corrected chi connectivity index (χ0v) is 17.5. The van der Waals surface area contributed by atoms with Gasteiger partial charge in [0.2, 0.25) is 13.6 Å². The van der Waals surface area contributed by atoms with Crippen molar-refractivity contribution in [2.45, 2.75) is 39.2 Å². The molecule has 1 fully saturated rings. The average molecular weight is 408 g/mol. The topological polar surface area (TPSA) is 63.2 Å². The van der Waals surface area contributed by atoms with Crippen LogP contribution in [0.3, 0.4) is 0 Å². The summed E-state index contributed by atoms with van der Waals surface area (Å²) in [5, 5.41) is 0. The molecule has 0 spiro atoms. The molecule has 0 saturated carbocycles. The molecule has 0 N–H and O–H groups in total. The first-order valence-corrected chi connectivity index (χ1v) is 10.0. The van der Waals surface area contributed by atoms with Gasteiger partial charge in [0.1, 0.15) is 11.4 Å². The van der Waals surface area contributed by atoms with Crippen LogP contribution in [0.1, 0.15) is 39.2 Å². The lowest BCUT2D eigenvalue weighted by molar-refractivity contribution is -0.111. The van der Waals surface area contributed by atoms with Crippen LogP contribution in [0, 0.1) is 5.92 Å². The van der Waals surface area contributed by atoms with Crippen LogP contribution in [-0.4, -0.2) is 25.0 Å².